The highest BCUT2D eigenvalue weighted by molar-refractivity contribution is 7.99. The fourth-order valence-corrected chi connectivity index (χ4v) is 4.63. The lowest BCUT2D eigenvalue weighted by Crippen LogP contribution is -2.41. The number of esters is 1. The number of hydrogen-bond donors (Lipinski definition) is 1. The maximum atomic E-state index is 13.0. The largest absolute Gasteiger partial charge is 0.427 e. The molecule has 2 aromatic carbocycles. The standard InChI is InChI=1S/C29H42N2O3S/c1-4-6-8-10-12-22-30-29(33)31(23-13-11-9-7-5-2)25-14-18-27(19-15-25)35-28-20-16-26(17-21-28)34-24(3)32/h14-21H,4-13,22-23H2,1-3H3,(H,30,33). The number of hydrogen-bond acceptors (Lipinski definition) is 4. The summed E-state index contributed by atoms with van der Waals surface area (Å²) in [6.07, 6.45) is 11.8. The van der Waals surface area contributed by atoms with Crippen LogP contribution in [0.1, 0.15) is 85.0 Å². The number of rotatable bonds is 16. The molecule has 35 heavy (non-hydrogen) atoms. The van der Waals surface area contributed by atoms with Gasteiger partial charge in [0.25, 0.3) is 0 Å². The zero-order chi connectivity index (χ0) is 25.3. The van der Waals surface area contributed by atoms with Gasteiger partial charge < -0.3 is 10.1 Å². The SMILES string of the molecule is CCCCCCCNC(=O)N(CCCCCCC)c1ccc(Sc2ccc(OC(C)=O)cc2)cc1. The Morgan fingerprint density at radius 3 is 1.89 bits per heavy atom. The minimum absolute atomic E-state index is 0.00236. The van der Waals surface area contributed by atoms with Gasteiger partial charge in [0, 0.05) is 35.5 Å². The summed E-state index contributed by atoms with van der Waals surface area (Å²) in [6, 6.07) is 15.6. The highest BCUT2D eigenvalue weighted by atomic mass is 32.2. The minimum atomic E-state index is -0.323. The molecule has 0 unspecified atom stereocenters. The number of nitrogens with zero attached hydrogens (tertiary/aromatic N) is 1. The van der Waals surface area contributed by atoms with Crippen molar-refractivity contribution in [3.8, 4) is 5.75 Å². The molecule has 6 heteroatoms. The zero-order valence-corrected chi connectivity index (χ0v) is 22.5. The van der Waals surface area contributed by atoms with Crippen molar-refractivity contribution < 1.29 is 14.3 Å². The van der Waals surface area contributed by atoms with E-state index in [9.17, 15) is 9.59 Å². The third-order valence-electron chi connectivity index (χ3n) is 5.76. The number of carbonyl (C=O) groups is 2. The van der Waals surface area contributed by atoms with Crippen LogP contribution in [-0.4, -0.2) is 25.1 Å². The summed E-state index contributed by atoms with van der Waals surface area (Å²) in [5.74, 6) is 0.222. The van der Waals surface area contributed by atoms with Gasteiger partial charge in [-0.15, -0.1) is 0 Å². The van der Waals surface area contributed by atoms with E-state index >= 15 is 0 Å². The fourth-order valence-electron chi connectivity index (χ4n) is 3.81. The first-order chi connectivity index (χ1) is 17.0. The maximum absolute atomic E-state index is 13.0. The average Bonchev–Trinajstić information content (AvgIpc) is 2.85. The van der Waals surface area contributed by atoms with Gasteiger partial charge in [0.05, 0.1) is 0 Å². The molecule has 0 radical (unpaired) electrons. The smallest absolute Gasteiger partial charge is 0.321 e. The highest BCUT2D eigenvalue weighted by Crippen LogP contribution is 2.30. The van der Waals surface area contributed by atoms with Crippen LogP contribution >= 0.6 is 11.8 Å². The Kier molecular flexibility index (Phi) is 14.0. The summed E-state index contributed by atoms with van der Waals surface area (Å²) in [5.41, 5.74) is 0.929. The van der Waals surface area contributed by atoms with Crippen LogP contribution in [-0.2, 0) is 4.79 Å². The van der Waals surface area contributed by atoms with Crippen molar-refractivity contribution in [1.82, 2.24) is 5.32 Å². The molecule has 5 nitrogen and oxygen atoms in total. The number of urea groups is 1. The van der Waals surface area contributed by atoms with Gasteiger partial charge in [-0.25, -0.2) is 4.79 Å². The zero-order valence-electron chi connectivity index (χ0n) is 21.7. The van der Waals surface area contributed by atoms with Gasteiger partial charge in [0.2, 0.25) is 0 Å². The normalized spacial score (nSPS) is 10.7. The summed E-state index contributed by atoms with van der Waals surface area (Å²) in [7, 11) is 0. The van der Waals surface area contributed by atoms with Crippen LogP contribution in [0.25, 0.3) is 0 Å². The molecular weight excluding hydrogens is 456 g/mol. The highest BCUT2D eigenvalue weighted by Gasteiger charge is 2.15. The molecule has 0 atom stereocenters. The Morgan fingerprint density at radius 1 is 0.771 bits per heavy atom. The number of nitrogens with one attached hydrogen (secondary N) is 1. The molecule has 2 rings (SSSR count). The van der Waals surface area contributed by atoms with E-state index in [1.807, 2.05) is 29.2 Å². The summed E-state index contributed by atoms with van der Waals surface area (Å²) >= 11 is 1.63. The van der Waals surface area contributed by atoms with Gasteiger partial charge in [-0.1, -0.05) is 77.0 Å². The molecule has 192 valence electrons. The van der Waals surface area contributed by atoms with Crippen LogP contribution in [0.5, 0.6) is 5.75 Å². The second-order valence-electron chi connectivity index (χ2n) is 8.87. The molecule has 0 spiro atoms. The van der Waals surface area contributed by atoms with Crippen molar-refractivity contribution >= 4 is 29.4 Å². The van der Waals surface area contributed by atoms with E-state index < -0.39 is 0 Å². The van der Waals surface area contributed by atoms with Gasteiger partial charge in [-0.3, -0.25) is 9.69 Å². The third kappa shape index (κ3) is 11.7. The molecule has 0 saturated carbocycles. The van der Waals surface area contributed by atoms with E-state index in [4.69, 9.17) is 4.74 Å². The maximum Gasteiger partial charge on any atom is 0.321 e. The van der Waals surface area contributed by atoms with Crippen molar-refractivity contribution in [2.45, 2.75) is 94.8 Å². The van der Waals surface area contributed by atoms with E-state index in [2.05, 4.69) is 31.3 Å². The van der Waals surface area contributed by atoms with E-state index in [1.165, 1.54) is 51.9 Å². The lowest BCUT2D eigenvalue weighted by molar-refractivity contribution is -0.131. The Balaban J connectivity index is 1.96. The van der Waals surface area contributed by atoms with Crippen LogP contribution in [0, 0.1) is 0 Å². The molecule has 1 N–H and O–H groups in total. The molecule has 2 amide bonds. The van der Waals surface area contributed by atoms with Gasteiger partial charge >= 0.3 is 12.0 Å². The second-order valence-corrected chi connectivity index (χ2v) is 10.0. The Morgan fingerprint density at radius 2 is 1.31 bits per heavy atom. The van der Waals surface area contributed by atoms with Crippen LogP contribution in [0.15, 0.2) is 58.3 Å². The molecule has 0 fully saturated rings. The van der Waals surface area contributed by atoms with Crippen molar-refractivity contribution in [2.75, 3.05) is 18.0 Å². The van der Waals surface area contributed by atoms with Crippen LogP contribution in [0.2, 0.25) is 0 Å². The van der Waals surface area contributed by atoms with E-state index in [0.717, 1.165) is 47.8 Å². The lowest BCUT2D eigenvalue weighted by Gasteiger charge is -2.23. The summed E-state index contributed by atoms with van der Waals surface area (Å²) in [6.45, 7) is 7.29. The van der Waals surface area contributed by atoms with Gasteiger partial charge in [-0.2, -0.15) is 0 Å². The molecule has 2 aromatic rings. The fraction of sp³-hybridized carbons (Fsp3) is 0.517. The summed E-state index contributed by atoms with van der Waals surface area (Å²) in [4.78, 5) is 28.1. The molecule has 0 aliphatic rings. The first-order valence-corrected chi connectivity index (χ1v) is 14.0. The number of anilines is 1. The van der Waals surface area contributed by atoms with E-state index in [1.54, 1.807) is 23.9 Å². The van der Waals surface area contributed by atoms with E-state index in [0.29, 0.717) is 5.75 Å². The van der Waals surface area contributed by atoms with Crippen molar-refractivity contribution in [1.29, 1.82) is 0 Å². The number of benzene rings is 2. The minimum Gasteiger partial charge on any atom is -0.427 e. The number of amides is 2. The molecule has 0 aromatic heterocycles. The van der Waals surface area contributed by atoms with Crippen molar-refractivity contribution in [2.24, 2.45) is 0 Å². The monoisotopic (exact) mass is 498 g/mol. The number of carbonyl (C=O) groups excluding carboxylic acids is 2. The Bertz CT molecular complexity index is 869. The average molecular weight is 499 g/mol. The predicted molar refractivity (Wildman–Crippen MR) is 147 cm³/mol. The van der Waals surface area contributed by atoms with Gasteiger partial charge in [0.1, 0.15) is 5.75 Å². The van der Waals surface area contributed by atoms with Gasteiger partial charge in [0.15, 0.2) is 0 Å². The summed E-state index contributed by atoms with van der Waals surface area (Å²) < 4.78 is 5.10. The molecule has 0 bridgehead atoms. The number of ether oxygens (including phenoxy) is 1. The molecular formula is C29H42N2O3S. The third-order valence-corrected chi connectivity index (χ3v) is 6.77. The molecule has 0 aliphatic carbocycles. The van der Waals surface area contributed by atoms with Crippen LogP contribution in [0.4, 0.5) is 10.5 Å². The lowest BCUT2D eigenvalue weighted by atomic mass is 10.1. The topological polar surface area (TPSA) is 58.6 Å². The van der Waals surface area contributed by atoms with Crippen LogP contribution < -0.4 is 15.0 Å². The van der Waals surface area contributed by atoms with E-state index in [-0.39, 0.29) is 12.0 Å². The van der Waals surface area contributed by atoms with Gasteiger partial charge in [-0.05, 0) is 61.4 Å². The molecule has 0 saturated heterocycles. The molecule has 0 heterocycles. The first kappa shape index (κ1) is 28.8. The number of unbranched alkanes of at least 4 members (excludes halogenated alkanes) is 8. The molecule has 0 aliphatic heterocycles. The Labute approximate surface area is 216 Å². The Hall–Kier alpha value is -2.47. The predicted octanol–water partition coefficient (Wildman–Crippen LogP) is 8.22. The van der Waals surface area contributed by atoms with Crippen molar-refractivity contribution in [3.63, 3.8) is 0 Å². The second kappa shape index (κ2) is 17.0. The van der Waals surface area contributed by atoms with Crippen LogP contribution in [0.3, 0.4) is 0 Å². The summed E-state index contributed by atoms with van der Waals surface area (Å²) in [5, 5.41) is 3.13. The van der Waals surface area contributed by atoms with Crippen molar-refractivity contribution in [3.05, 3.63) is 48.5 Å². The first-order valence-electron chi connectivity index (χ1n) is 13.1. The quantitative estimate of drug-likeness (QED) is 0.144.